The molecule has 0 aliphatic heterocycles. The minimum atomic E-state index is 0.902. The molecule has 0 fully saturated rings. The van der Waals surface area contributed by atoms with E-state index in [0.29, 0.717) is 0 Å². The molecule has 0 aliphatic rings. The highest BCUT2D eigenvalue weighted by molar-refractivity contribution is 6.26. The van der Waals surface area contributed by atoms with E-state index < -0.39 is 0 Å². The van der Waals surface area contributed by atoms with Crippen LogP contribution in [0.2, 0.25) is 0 Å². The van der Waals surface area contributed by atoms with E-state index in [1.54, 1.807) is 0 Å². The van der Waals surface area contributed by atoms with Gasteiger partial charge in [0.05, 0.1) is 0 Å². The SMILES string of the molecule is c1ccc(-c2ccc3oc4ccc(-c5cccc6ccccc56)c5cccc(c6cccc2c36)c45)cc1. The van der Waals surface area contributed by atoms with Crippen LogP contribution in [0.3, 0.4) is 0 Å². The molecule has 0 amide bonds. The normalized spacial score (nSPS) is 11.8. The van der Waals surface area contributed by atoms with Gasteiger partial charge < -0.3 is 4.42 Å². The second kappa shape index (κ2) is 7.81. The van der Waals surface area contributed by atoms with Crippen LogP contribution in [0.1, 0.15) is 0 Å². The molecule has 172 valence electrons. The Labute approximate surface area is 214 Å². The molecular weight excluding hydrogens is 448 g/mol. The summed E-state index contributed by atoms with van der Waals surface area (Å²) in [4.78, 5) is 0. The highest BCUT2D eigenvalue weighted by Crippen LogP contribution is 2.42. The van der Waals surface area contributed by atoms with E-state index in [0.717, 1.165) is 16.6 Å². The molecule has 0 unspecified atom stereocenters. The van der Waals surface area contributed by atoms with Gasteiger partial charge in [0.15, 0.2) is 0 Å². The lowest BCUT2D eigenvalue weighted by Crippen LogP contribution is -1.85. The lowest BCUT2D eigenvalue weighted by atomic mass is 9.91. The summed E-state index contributed by atoms with van der Waals surface area (Å²) in [5.41, 5.74) is 6.71. The zero-order valence-corrected chi connectivity index (χ0v) is 20.1. The summed E-state index contributed by atoms with van der Waals surface area (Å²) in [7, 11) is 0. The van der Waals surface area contributed by atoms with Crippen molar-refractivity contribution in [1.29, 1.82) is 0 Å². The summed E-state index contributed by atoms with van der Waals surface area (Å²) < 4.78 is 6.72. The summed E-state index contributed by atoms with van der Waals surface area (Å²) in [6, 6.07) is 47.7. The molecule has 1 aromatic heterocycles. The third-order valence-corrected chi connectivity index (χ3v) is 7.68. The Morgan fingerprint density at radius 3 is 1.59 bits per heavy atom. The van der Waals surface area contributed by atoms with E-state index >= 15 is 0 Å². The van der Waals surface area contributed by atoms with Crippen LogP contribution in [-0.4, -0.2) is 0 Å². The standard InChI is InChI=1S/C36H22O/c1-2-9-23(10-3-1)26-19-21-33-35-29(26)15-7-17-31(35)32-18-8-16-30-28(20-22-34(37-33)36(30)32)27-14-6-12-24-11-4-5-13-25(24)27/h1-22H. The molecule has 0 atom stereocenters. The number of hydrogen-bond acceptors (Lipinski definition) is 1. The van der Waals surface area contributed by atoms with E-state index in [2.05, 4.69) is 133 Å². The summed E-state index contributed by atoms with van der Waals surface area (Å²) in [5.74, 6) is 0. The predicted octanol–water partition coefficient (Wildman–Crippen LogP) is 10.4. The summed E-state index contributed by atoms with van der Waals surface area (Å²) in [6.45, 7) is 0. The van der Waals surface area contributed by atoms with Crippen molar-refractivity contribution >= 4 is 54.3 Å². The molecule has 1 heteroatoms. The van der Waals surface area contributed by atoms with Gasteiger partial charge >= 0.3 is 0 Å². The van der Waals surface area contributed by atoms with Gasteiger partial charge in [0, 0.05) is 10.8 Å². The smallest absolute Gasteiger partial charge is 0.135 e. The Bertz CT molecular complexity index is 2130. The molecule has 0 spiro atoms. The van der Waals surface area contributed by atoms with Crippen molar-refractivity contribution in [1.82, 2.24) is 0 Å². The molecule has 0 aliphatic carbocycles. The fourth-order valence-corrected chi connectivity index (χ4v) is 6.05. The highest BCUT2D eigenvalue weighted by Gasteiger charge is 2.16. The minimum Gasteiger partial charge on any atom is -0.456 e. The van der Waals surface area contributed by atoms with Crippen LogP contribution >= 0.6 is 0 Å². The van der Waals surface area contributed by atoms with Crippen LogP contribution < -0.4 is 0 Å². The van der Waals surface area contributed by atoms with Crippen molar-refractivity contribution < 1.29 is 4.42 Å². The Hall–Kier alpha value is -4.88. The van der Waals surface area contributed by atoms with Crippen LogP contribution in [-0.2, 0) is 0 Å². The van der Waals surface area contributed by atoms with E-state index in [4.69, 9.17) is 4.42 Å². The zero-order valence-electron chi connectivity index (χ0n) is 20.1. The molecular formula is C36H22O. The molecule has 37 heavy (non-hydrogen) atoms. The van der Waals surface area contributed by atoms with Crippen molar-refractivity contribution in [3.8, 4) is 22.3 Å². The first kappa shape index (κ1) is 20.3. The number of fused-ring (bicyclic) bond motifs is 2. The highest BCUT2D eigenvalue weighted by atomic mass is 16.3. The van der Waals surface area contributed by atoms with Crippen molar-refractivity contribution in [2.24, 2.45) is 0 Å². The third kappa shape index (κ3) is 2.98. The van der Waals surface area contributed by atoms with Gasteiger partial charge in [-0.2, -0.15) is 0 Å². The number of hydrogen-bond donors (Lipinski definition) is 0. The van der Waals surface area contributed by atoms with Gasteiger partial charge in [0.2, 0.25) is 0 Å². The van der Waals surface area contributed by atoms with Gasteiger partial charge in [-0.25, -0.2) is 0 Å². The van der Waals surface area contributed by atoms with E-state index in [1.807, 2.05) is 0 Å². The topological polar surface area (TPSA) is 13.1 Å². The first-order chi connectivity index (χ1) is 18.4. The first-order valence-corrected chi connectivity index (χ1v) is 12.7. The van der Waals surface area contributed by atoms with E-state index in [9.17, 15) is 0 Å². The Morgan fingerprint density at radius 1 is 0.324 bits per heavy atom. The molecule has 0 radical (unpaired) electrons. The molecule has 0 N–H and O–H groups in total. The molecule has 0 saturated heterocycles. The molecule has 1 heterocycles. The van der Waals surface area contributed by atoms with Crippen molar-refractivity contribution in [2.45, 2.75) is 0 Å². The minimum absolute atomic E-state index is 0.902. The van der Waals surface area contributed by atoms with Crippen molar-refractivity contribution in [3.05, 3.63) is 133 Å². The summed E-state index contributed by atoms with van der Waals surface area (Å²) in [5, 5.41) is 9.68. The number of rotatable bonds is 2. The lowest BCUT2D eigenvalue weighted by molar-refractivity contribution is 0.664. The van der Waals surface area contributed by atoms with Crippen molar-refractivity contribution in [2.75, 3.05) is 0 Å². The molecule has 0 saturated carbocycles. The zero-order chi connectivity index (χ0) is 24.3. The molecule has 8 rings (SSSR count). The summed E-state index contributed by atoms with van der Waals surface area (Å²) >= 11 is 0. The maximum absolute atomic E-state index is 6.72. The largest absolute Gasteiger partial charge is 0.456 e. The van der Waals surface area contributed by atoms with Crippen LogP contribution in [0.15, 0.2) is 138 Å². The average Bonchev–Trinajstić information content (AvgIpc) is 3.10. The van der Waals surface area contributed by atoms with Gasteiger partial charge in [-0.05, 0) is 66.7 Å². The van der Waals surface area contributed by atoms with Gasteiger partial charge in [0.1, 0.15) is 11.2 Å². The Balaban J connectivity index is 1.53. The first-order valence-electron chi connectivity index (χ1n) is 12.7. The summed E-state index contributed by atoms with van der Waals surface area (Å²) in [6.07, 6.45) is 0. The number of benzene rings is 7. The van der Waals surface area contributed by atoms with Crippen LogP contribution in [0.25, 0.3) is 76.5 Å². The van der Waals surface area contributed by atoms with Crippen LogP contribution in [0.5, 0.6) is 0 Å². The molecule has 0 bridgehead atoms. The fraction of sp³-hybridized carbons (Fsp3) is 0. The maximum atomic E-state index is 6.72. The average molecular weight is 471 g/mol. The monoisotopic (exact) mass is 470 g/mol. The third-order valence-electron chi connectivity index (χ3n) is 7.68. The Morgan fingerprint density at radius 2 is 0.838 bits per heavy atom. The maximum Gasteiger partial charge on any atom is 0.135 e. The fourth-order valence-electron chi connectivity index (χ4n) is 6.05. The molecule has 7 aromatic carbocycles. The van der Waals surface area contributed by atoms with Crippen LogP contribution in [0, 0.1) is 0 Å². The van der Waals surface area contributed by atoms with Crippen molar-refractivity contribution in [3.63, 3.8) is 0 Å². The molecule has 1 nitrogen and oxygen atoms in total. The van der Waals surface area contributed by atoms with Crippen LogP contribution in [0.4, 0.5) is 0 Å². The second-order valence-corrected chi connectivity index (χ2v) is 9.67. The molecule has 8 aromatic rings. The van der Waals surface area contributed by atoms with E-state index in [1.165, 1.54) is 60.0 Å². The lowest BCUT2D eigenvalue weighted by Gasteiger charge is -2.11. The quantitative estimate of drug-likeness (QED) is 0.245. The van der Waals surface area contributed by atoms with E-state index in [-0.39, 0.29) is 0 Å². The predicted molar refractivity (Wildman–Crippen MR) is 157 cm³/mol. The van der Waals surface area contributed by atoms with Gasteiger partial charge in [-0.15, -0.1) is 0 Å². The van der Waals surface area contributed by atoms with Gasteiger partial charge in [-0.3, -0.25) is 0 Å². The van der Waals surface area contributed by atoms with Gasteiger partial charge in [0.25, 0.3) is 0 Å². The second-order valence-electron chi connectivity index (χ2n) is 9.67. The van der Waals surface area contributed by atoms with Gasteiger partial charge in [-0.1, -0.05) is 121 Å². The Kier molecular flexibility index (Phi) is 4.29.